The second-order valence-corrected chi connectivity index (χ2v) is 9.98. The van der Waals surface area contributed by atoms with Gasteiger partial charge in [0.15, 0.2) is 0 Å². The maximum absolute atomic E-state index is 13.0. The third kappa shape index (κ3) is 7.25. The minimum atomic E-state index is -0.564. The molecule has 1 heterocycles. The molecule has 0 unspecified atom stereocenters. The van der Waals surface area contributed by atoms with Crippen LogP contribution in [0, 0.1) is 20.8 Å². The lowest BCUT2D eigenvalue weighted by molar-refractivity contribution is 0.0303. The Balaban J connectivity index is 2.13. The van der Waals surface area contributed by atoms with E-state index in [0.29, 0.717) is 29.2 Å². The number of rotatable bonds is 7. The SMILES string of the molecule is Cc1cc(C)c(CNC(=O)c2cc(Cl)cc(N(C)CCN(C)C(=O)OC(C)(C)C)c2C)c(=O)[nH]1. The molecule has 0 aliphatic rings. The van der Waals surface area contributed by atoms with Gasteiger partial charge in [0, 0.05) is 61.3 Å². The zero-order valence-corrected chi connectivity index (χ0v) is 22.0. The maximum Gasteiger partial charge on any atom is 0.410 e. The van der Waals surface area contributed by atoms with E-state index in [1.54, 1.807) is 19.2 Å². The maximum atomic E-state index is 13.0. The van der Waals surface area contributed by atoms with Crippen molar-refractivity contribution in [3.63, 3.8) is 0 Å². The topological polar surface area (TPSA) is 94.7 Å². The van der Waals surface area contributed by atoms with Crippen LogP contribution in [-0.4, -0.2) is 54.7 Å². The van der Waals surface area contributed by atoms with E-state index in [1.807, 2.05) is 59.6 Å². The summed E-state index contributed by atoms with van der Waals surface area (Å²) in [6, 6.07) is 5.27. The number of hydrogen-bond donors (Lipinski definition) is 2. The van der Waals surface area contributed by atoms with Gasteiger partial charge in [-0.15, -0.1) is 0 Å². The van der Waals surface area contributed by atoms with Gasteiger partial charge >= 0.3 is 6.09 Å². The van der Waals surface area contributed by atoms with Gasteiger partial charge in [-0.3, -0.25) is 9.59 Å². The molecule has 0 atom stereocenters. The van der Waals surface area contributed by atoms with Crippen LogP contribution in [0.5, 0.6) is 0 Å². The summed E-state index contributed by atoms with van der Waals surface area (Å²) >= 11 is 6.33. The molecule has 0 bridgehead atoms. The van der Waals surface area contributed by atoms with Crippen molar-refractivity contribution in [2.75, 3.05) is 32.1 Å². The third-order valence-corrected chi connectivity index (χ3v) is 5.61. The van der Waals surface area contributed by atoms with E-state index in [-0.39, 0.29) is 18.0 Å². The van der Waals surface area contributed by atoms with Crippen molar-refractivity contribution in [1.29, 1.82) is 0 Å². The predicted octanol–water partition coefficient (Wildman–Crippen LogP) is 4.19. The number of nitrogens with zero attached hydrogens (tertiary/aromatic N) is 2. The van der Waals surface area contributed by atoms with E-state index >= 15 is 0 Å². The number of nitrogens with one attached hydrogen (secondary N) is 2. The number of aryl methyl sites for hydroxylation is 2. The van der Waals surface area contributed by atoms with Crippen LogP contribution in [-0.2, 0) is 11.3 Å². The highest BCUT2D eigenvalue weighted by atomic mass is 35.5. The van der Waals surface area contributed by atoms with Gasteiger partial charge < -0.3 is 24.8 Å². The largest absolute Gasteiger partial charge is 0.444 e. The monoisotopic (exact) mass is 490 g/mol. The van der Waals surface area contributed by atoms with Gasteiger partial charge in [-0.25, -0.2) is 4.79 Å². The van der Waals surface area contributed by atoms with E-state index in [9.17, 15) is 14.4 Å². The normalized spacial score (nSPS) is 11.2. The number of anilines is 1. The lowest BCUT2D eigenvalue weighted by Crippen LogP contribution is -2.38. The van der Waals surface area contributed by atoms with Crippen LogP contribution < -0.4 is 15.8 Å². The van der Waals surface area contributed by atoms with Crippen LogP contribution in [0.4, 0.5) is 10.5 Å². The van der Waals surface area contributed by atoms with Gasteiger partial charge in [0.25, 0.3) is 11.5 Å². The van der Waals surface area contributed by atoms with E-state index in [1.165, 1.54) is 4.90 Å². The summed E-state index contributed by atoms with van der Waals surface area (Å²) in [5.74, 6) is -0.320. The molecular formula is C25H35ClN4O4. The molecule has 0 saturated heterocycles. The van der Waals surface area contributed by atoms with Crippen molar-refractivity contribution in [1.82, 2.24) is 15.2 Å². The first-order valence-corrected chi connectivity index (χ1v) is 11.5. The Hall–Kier alpha value is -3.00. The lowest BCUT2D eigenvalue weighted by Gasteiger charge is -2.28. The minimum absolute atomic E-state index is 0.109. The summed E-state index contributed by atoms with van der Waals surface area (Å²) in [6.45, 7) is 12.0. The fourth-order valence-corrected chi connectivity index (χ4v) is 3.73. The van der Waals surface area contributed by atoms with Gasteiger partial charge in [0.2, 0.25) is 0 Å². The van der Waals surface area contributed by atoms with Crippen molar-refractivity contribution in [2.24, 2.45) is 0 Å². The molecule has 186 valence electrons. The second-order valence-electron chi connectivity index (χ2n) is 9.55. The highest BCUT2D eigenvalue weighted by Crippen LogP contribution is 2.27. The average Bonchev–Trinajstić information content (AvgIpc) is 2.70. The summed E-state index contributed by atoms with van der Waals surface area (Å²) in [6.07, 6.45) is -0.398. The Labute approximate surface area is 206 Å². The molecule has 2 aromatic rings. The standard InChI is InChI=1S/C25H35ClN4O4/c1-15-11-16(2)28-23(32)20(15)14-27-22(31)19-12-18(26)13-21(17(19)3)29(7)9-10-30(8)24(33)34-25(4,5)6/h11-13H,9-10,14H2,1-8H3,(H,27,31)(H,28,32). The van der Waals surface area contributed by atoms with Crippen molar-refractivity contribution in [3.05, 3.63) is 61.5 Å². The van der Waals surface area contributed by atoms with Crippen LogP contribution in [0.1, 0.15) is 53.5 Å². The number of pyridine rings is 1. The molecule has 0 radical (unpaired) electrons. The molecule has 1 aromatic heterocycles. The van der Waals surface area contributed by atoms with Crippen LogP contribution in [0.15, 0.2) is 23.0 Å². The molecule has 1 aromatic carbocycles. The van der Waals surface area contributed by atoms with E-state index < -0.39 is 11.7 Å². The summed E-state index contributed by atoms with van der Waals surface area (Å²) in [5, 5.41) is 3.25. The Morgan fingerprint density at radius 1 is 1.09 bits per heavy atom. The molecule has 34 heavy (non-hydrogen) atoms. The zero-order chi connectivity index (χ0) is 25.8. The first-order chi connectivity index (χ1) is 15.7. The van der Waals surface area contributed by atoms with Gasteiger partial charge in [-0.05, 0) is 70.9 Å². The Kier molecular flexibility index (Phi) is 8.78. The van der Waals surface area contributed by atoms with Crippen molar-refractivity contribution in [3.8, 4) is 0 Å². The van der Waals surface area contributed by atoms with E-state index in [0.717, 1.165) is 22.5 Å². The van der Waals surface area contributed by atoms with Gasteiger partial charge in [-0.2, -0.15) is 0 Å². The number of aromatic nitrogens is 1. The van der Waals surface area contributed by atoms with Crippen LogP contribution >= 0.6 is 11.6 Å². The number of aromatic amines is 1. The average molecular weight is 491 g/mol. The molecular weight excluding hydrogens is 456 g/mol. The summed E-state index contributed by atoms with van der Waals surface area (Å²) in [7, 11) is 3.55. The number of carbonyl (C=O) groups excluding carboxylic acids is 2. The van der Waals surface area contributed by atoms with Crippen molar-refractivity contribution >= 4 is 29.3 Å². The molecule has 0 aliphatic carbocycles. The number of carbonyl (C=O) groups is 2. The number of halogens is 1. The first kappa shape index (κ1) is 27.2. The zero-order valence-electron chi connectivity index (χ0n) is 21.3. The number of H-pyrrole nitrogens is 1. The van der Waals surface area contributed by atoms with E-state index in [2.05, 4.69) is 10.3 Å². The molecule has 8 nitrogen and oxygen atoms in total. The molecule has 0 fully saturated rings. The summed E-state index contributed by atoms with van der Waals surface area (Å²) < 4.78 is 5.39. The smallest absolute Gasteiger partial charge is 0.410 e. The lowest BCUT2D eigenvalue weighted by atomic mass is 10.0. The van der Waals surface area contributed by atoms with Gasteiger partial charge in [0.1, 0.15) is 5.60 Å². The molecule has 2 N–H and O–H groups in total. The minimum Gasteiger partial charge on any atom is -0.444 e. The molecule has 0 aliphatic heterocycles. The summed E-state index contributed by atoms with van der Waals surface area (Å²) in [5.41, 5.74) is 3.28. The molecule has 9 heteroatoms. The van der Waals surface area contributed by atoms with Crippen LogP contribution in [0.2, 0.25) is 5.02 Å². The number of ether oxygens (including phenoxy) is 1. The fourth-order valence-electron chi connectivity index (χ4n) is 3.51. The predicted molar refractivity (Wildman–Crippen MR) is 136 cm³/mol. The number of amides is 2. The first-order valence-electron chi connectivity index (χ1n) is 11.1. The number of hydrogen-bond acceptors (Lipinski definition) is 5. The Bertz CT molecular complexity index is 1120. The van der Waals surface area contributed by atoms with Crippen LogP contribution in [0.25, 0.3) is 0 Å². The third-order valence-electron chi connectivity index (χ3n) is 5.40. The highest BCUT2D eigenvalue weighted by Gasteiger charge is 2.21. The summed E-state index contributed by atoms with van der Waals surface area (Å²) in [4.78, 5) is 43.7. The van der Waals surface area contributed by atoms with Crippen LogP contribution in [0.3, 0.4) is 0 Å². The van der Waals surface area contributed by atoms with Gasteiger partial charge in [-0.1, -0.05) is 11.6 Å². The molecule has 0 saturated carbocycles. The molecule has 2 rings (SSSR count). The molecule has 0 spiro atoms. The Morgan fingerprint density at radius 3 is 2.32 bits per heavy atom. The number of likely N-dealkylation sites (N-methyl/N-ethyl adjacent to an activating group) is 2. The fraction of sp³-hybridized carbons (Fsp3) is 0.480. The van der Waals surface area contributed by atoms with E-state index in [4.69, 9.17) is 16.3 Å². The molecule has 2 amide bonds. The highest BCUT2D eigenvalue weighted by molar-refractivity contribution is 6.31. The second kappa shape index (κ2) is 11.0. The van der Waals surface area contributed by atoms with Crippen molar-refractivity contribution < 1.29 is 14.3 Å². The number of benzene rings is 1. The Morgan fingerprint density at radius 2 is 1.74 bits per heavy atom. The van der Waals surface area contributed by atoms with Gasteiger partial charge in [0.05, 0.1) is 0 Å². The van der Waals surface area contributed by atoms with Crippen molar-refractivity contribution in [2.45, 2.75) is 53.7 Å². The quantitative estimate of drug-likeness (QED) is 0.607.